The zero-order valence-electron chi connectivity index (χ0n) is 16.9. The van der Waals surface area contributed by atoms with Gasteiger partial charge in [-0.2, -0.15) is 5.10 Å². The SMILES string of the molecule is CCOC(=O)C1CCC(n2ncc(B3OC(C)(C)C(C)(C)O3)c2C)CC1. The molecule has 2 fully saturated rings. The van der Waals surface area contributed by atoms with E-state index in [0.717, 1.165) is 36.8 Å². The molecule has 26 heavy (non-hydrogen) atoms. The summed E-state index contributed by atoms with van der Waals surface area (Å²) < 4.78 is 19.6. The summed E-state index contributed by atoms with van der Waals surface area (Å²) in [5.41, 5.74) is 1.37. The molecule has 0 amide bonds. The molecule has 1 aromatic rings. The van der Waals surface area contributed by atoms with Crippen molar-refractivity contribution in [2.45, 2.75) is 84.5 Å². The summed E-state index contributed by atoms with van der Waals surface area (Å²) in [7, 11) is -0.385. The lowest BCUT2D eigenvalue weighted by atomic mass is 9.79. The summed E-state index contributed by atoms with van der Waals surface area (Å²) in [6.07, 6.45) is 5.46. The molecule has 0 radical (unpaired) electrons. The Morgan fingerprint density at radius 1 is 1.23 bits per heavy atom. The molecule has 144 valence electrons. The van der Waals surface area contributed by atoms with Gasteiger partial charge in [0, 0.05) is 17.4 Å². The first kappa shape index (κ1) is 19.4. The second-order valence-corrected chi connectivity index (χ2v) is 8.48. The molecule has 1 aliphatic heterocycles. The second kappa shape index (κ2) is 7.00. The van der Waals surface area contributed by atoms with E-state index in [1.165, 1.54) is 0 Å². The second-order valence-electron chi connectivity index (χ2n) is 8.48. The molecule has 0 spiro atoms. The van der Waals surface area contributed by atoms with Crippen LogP contribution in [0.25, 0.3) is 0 Å². The molecule has 0 aromatic carbocycles. The Kier molecular flexibility index (Phi) is 5.23. The largest absolute Gasteiger partial charge is 0.498 e. The molecule has 2 aliphatic rings. The number of rotatable bonds is 4. The highest BCUT2D eigenvalue weighted by atomic mass is 16.7. The normalized spacial score (nSPS) is 27.5. The van der Waals surface area contributed by atoms with Gasteiger partial charge in [-0.1, -0.05) is 0 Å². The van der Waals surface area contributed by atoms with Crippen molar-refractivity contribution in [1.82, 2.24) is 9.78 Å². The van der Waals surface area contributed by atoms with Crippen molar-refractivity contribution in [3.63, 3.8) is 0 Å². The van der Waals surface area contributed by atoms with E-state index in [0.29, 0.717) is 12.6 Å². The molecule has 0 unspecified atom stereocenters. The number of ether oxygens (including phenoxy) is 1. The van der Waals surface area contributed by atoms with Gasteiger partial charge in [0.05, 0.1) is 29.8 Å². The minimum atomic E-state index is -0.385. The van der Waals surface area contributed by atoms with E-state index in [-0.39, 0.29) is 30.2 Å². The van der Waals surface area contributed by atoms with E-state index in [1.807, 2.05) is 13.1 Å². The fraction of sp³-hybridized carbons (Fsp3) is 0.789. The van der Waals surface area contributed by atoms with Crippen LogP contribution in [-0.2, 0) is 18.8 Å². The van der Waals surface area contributed by atoms with Gasteiger partial charge in [-0.05, 0) is 67.2 Å². The van der Waals surface area contributed by atoms with Gasteiger partial charge >= 0.3 is 13.1 Å². The molecule has 0 bridgehead atoms. The van der Waals surface area contributed by atoms with Gasteiger partial charge < -0.3 is 14.0 Å². The number of aromatic nitrogens is 2. The van der Waals surface area contributed by atoms with Gasteiger partial charge in [0.2, 0.25) is 0 Å². The van der Waals surface area contributed by atoms with Crippen LogP contribution in [0.15, 0.2) is 6.20 Å². The molecule has 7 heteroatoms. The zero-order chi connectivity index (χ0) is 19.1. The lowest BCUT2D eigenvalue weighted by Crippen LogP contribution is -2.41. The number of hydrogen-bond acceptors (Lipinski definition) is 5. The van der Waals surface area contributed by atoms with Crippen molar-refractivity contribution >= 4 is 18.6 Å². The highest BCUT2D eigenvalue weighted by molar-refractivity contribution is 6.62. The van der Waals surface area contributed by atoms with Crippen molar-refractivity contribution < 1.29 is 18.8 Å². The standard InChI is InChI=1S/C19H31BN2O4/c1-7-24-17(23)14-8-10-15(11-9-14)22-13(2)16(12-21-22)20-25-18(3,4)19(5,6)26-20/h12,14-15H,7-11H2,1-6H3. The fourth-order valence-electron chi connectivity index (χ4n) is 3.82. The predicted molar refractivity (Wildman–Crippen MR) is 100 cm³/mol. The van der Waals surface area contributed by atoms with E-state index in [9.17, 15) is 4.79 Å². The van der Waals surface area contributed by atoms with Crippen LogP contribution >= 0.6 is 0 Å². The van der Waals surface area contributed by atoms with Gasteiger partial charge in [0.15, 0.2) is 0 Å². The Morgan fingerprint density at radius 3 is 2.35 bits per heavy atom. The van der Waals surface area contributed by atoms with Crippen LogP contribution in [0, 0.1) is 12.8 Å². The van der Waals surface area contributed by atoms with Gasteiger partial charge in [0.1, 0.15) is 0 Å². The smallest absolute Gasteiger partial charge is 0.466 e. The van der Waals surface area contributed by atoms with Crippen LogP contribution in [0.3, 0.4) is 0 Å². The van der Waals surface area contributed by atoms with E-state index in [2.05, 4.69) is 44.4 Å². The molecule has 1 saturated carbocycles. The number of carbonyl (C=O) groups is 1. The van der Waals surface area contributed by atoms with Crippen LogP contribution < -0.4 is 5.46 Å². The summed E-state index contributed by atoms with van der Waals surface area (Å²) in [6.45, 7) is 12.6. The number of carbonyl (C=O) groups excluding carboxylic acids is 1. The van der Waals surface area contributed by atoms with Gasteiger partial charge in [-0.25, -0.2) is 0 Å². The molecule has 1 aromatic heterocycles. The molecule has 3 rings (SSSR count). The Morgan fingerprint density at radius 2 is 1.81 bits per heavy atom. The Labute approximate surface area is 156 Å². The van der Waals surface area contributed by atoms with Gasteiger partial charge in [-0.3, -0.25) is 9.48 Å². The average molecular weight is 362 g/mol. The van der Waals surface area contributed by atoms with Crippen LogP contribution in [0.1, 0.15) is 72.0 Å². The van der Waals surface area contributed by atoms with Crippen molar-refractivity contribution in [2.75, 3.05) is 6.61 Å². The maximum absolute atomic E-state index is 11.9. The van der Waals surface area contributed by atoms with Crippen LogP contribution in [0.5, 0.6) is 0 Å². The van der Waals surface area contributed by atoms with E-state index >= 15 is 0 Å². The summed E-state index contributed by atoms with van der Waals surface area (Å²) >= 11 is 0. The van der Waals surface area contributed by atoms with Crippen molar-refractivity contribution in [2.24, 2.45) is 5.92 Å². The van der Waals surface area contributed by atoms with Gasteiger partial charge in [0.25, 0.3) is 0 Å². The number of hydrogen-bond donors (Lipinski definition) is 0. The first-order valence-corrected chi connectivity index (χ1v) is 9.72. The molecule has 0 N–H and O–H groups in total. The quantitative estimate of drug-likeness (QED) is 0.609. The monoisotopic (exact) mass is 362 g/mol. The molecule has 1 saturated heterocycles. The minimum Gasteiger partial charge on any atom is -0.466 e. The van der Waals surface area contributed by atoms with E-state index in [1.54, 1.807) is 0 Å². The topological polar surface area (TPSA) is 62.6 Å². The molecular formula is C19H31BN2O4. The van der Waals surface area contributed by atoms with Crippen molar-refractivity contribution in [1.29, 1.82) is 0 Å². The van der Waals surface area contributed by atoms with Crippen LogP contribution in [-0.4, -0.2) is 40.7 Å². The predicted octanol–water partition coefficient (Wildman–Crippen LogP) is 2.79. The third-order valence-corrected chi connectivity index (χ3v) is 6.25. The lowest BCUT2D eigenvalue weighted by Gasteiger charge is -2.32. The maximum atomic E-state index is 11.9. The molecule has 1 aliphatic carbocycles. The molecular weight excluding hydrogens is 331 g/mol. The highest BCUT2D eigenvalue weighted by Crippen LogP contribution is 2.37. The molecule has 6 nitrogen and oxygen atoms in total. The number of esters is 1. The summed E-state index contributed by atoms with van der Waals surface area (Å²) in [5, 5.41) is 4.63. The van der Waals surface area contributed by atoms with Crippen molar-refractivity contribution in [3.8, 4) is 0 Å². The Hall–Kier alpha value is -1.34. The highest BCUT2D eigenvalue weighted by Gasteiger charge is 2.52. The first-order valence-electron chi connectivity index (χ1n) is 9.72. The van der Waals surface area contributed by atoms with E-state index < -0.39 is 0 Å². The molecule has 0 atom stereocenters. The van der Waals surface area contributed by atoms with Crippen LogP contribution in [0.2, 0.25) is 0 Å². The lowest BCUT2D eigenvalue weighted by molar-refractivity contribution is -0.149. The number of nitrogens with zero attached hydrogens (tertiary/aromatic N) is 2. The average Bonchev–Trinajstić information content (AvgIpc) is 3.04. The van der Waals surface area contributed by atoms with E-state index in [4.69, 9.17) is 14.0 Å². The Balaban J connectivity index is 1.68. The van der Waals surface area contributed by atoms with Crippen LogP contribution in [0.4, 0.5) is 0 Å². The summed E-state index contributed by atoms with van der Waals surface area (Å²) in [4.78, 5) is 11.9. The first-order chi connectivity index (χ1) is 12.2. The fourth-order valence-corrected chi connectivity index (χ4v) is 3.82. The Bertz CT molecular complexity index is 646. The summed E-state index contributed by atoms with van der Waals surface area (Å²) in [6, 6.07) is 0.317. The summed E-state index contributed by atoms with van der Waals surface area (Å²) in [5.74, 6) is -0.0225. The molecule has 2 heterocycles. The van der Waals surface area contributed by atoms with Crippen molar-refractivity contribution in [3.05, 3.63) is 11.9 Å². The zero-order valence-corrected chi connectivity index (χ0v) is 16.9. The maximum Gasteiger partial charge on any atom is 0.498 e. The van der Waals surface area contributed by atoms with Gasteiger partial charge in [-0.15, -0.1) is 0 Å². The minimum absolute atomic E-state index is 0.0321. The third-order valence-electron chi connectivity index (χ3n) is 6.25. The third kappa shape index (κ3) is 3.43.